The minimum Gasteiger partial charge on any atom is -0.464 e. The number of rotatable bonds is 3. The maximum Gasteiger partial charge on any atom is 0.357 e. The van der Waals surface area contributed by atoms with Gasteiger partial charge in [0.1, 0.15) is 5.01 Å². The lowest BCUT2D eigenvalue weighted by molar-refractivity contribution is 0.0594. The van der Waals surface area contributed by atoms with Gasteiger partial charge in [-0.1, -0.05) is 0 Å². The highest BCUT2D eigenvalue weighted by molar-refractivity contribution is 7.15. The van der Waals surface area contributed by atoms with Gasteiger partial charge in [0.25, 0.3) is 0 Å². The highest BCUT2D eigenvalue weighted by Gasteiger charge is 2.17. The van der Waals surface area contributed by atoms with E-state index in [9.17, 15) is 4.79 Å². The van der Waals surface area contributed by atoms with Crippen LogP contribution in [0.3, 0.4) is 0 Å². The largest absolute Gasteiger partial charge is 0.464 e. The number of thiazole rings is 1. The van der Waals surface area contributed by atoms with Crippen LogP contribution in [0.2, 0.25) is 0 Å². The number of carbonyl (C=O) groups excluding carboxylic acids is 1. The first-order chi connectivity index (χ1) is 8.52. The van der Waals surface area contributed by atoms with Gasteiger partial charge in [-0.05, 0) is 20.8 Å². The molecule has 0 fully saturated rings. The van der Waals surface area contributed by atoms with Crippen molar-refractivity contribution in [3.63, 3.8) is 0 Å². The molecule has 0 aliphatic heterocycles. The summed E-state index contributed by atoms with van der Waals surface area (Å²) < 4.78 is 6.56. The number of aromatic nitrogens is 3. The Hall–Kier alpha value is -1.69. The lowest BCUT2D eigenvalue weighted by Crippen LogP contribution is -2.03. The van der Waals surface area contributed by atoms with Crippen molar-refractivity contribution >= 4 is 17.3 Å². The molecule has 0 radical (unpaired) electrons. The standard InChI is InChI=1S/C12H15N3O2S/c1-7(2)15-6-9(5-13-15)11-14-10(8(3)18-11)12(16)17-4/h5-7H,1-4H3. The van der Waals surface area contributed by atoms with E-state index in [2.05, 4.69) is 23.9 Å². The number of aryl methyl sites for hydroxylation is 1. The molecule has 0 saturated carbocycles. The quantitative estimate of drug-likeness (QED) is 0.801. The number of ether oxygens (including phenoxy) is 1. The molecule has 96 valence electrons. The van der Waals surface area contributed by atoms with Gasteiger partial charge in [-0.25, -0.2) is 9.78 Å². The Bertz CT molecular complexity index is 572. The van der Waals surface area contributed by atoms with Gasteiger partial charge >= 0.3 is 5.97 Å². The molecule has 2 heterocycles. The van der Waals surface area contributed by atoms with Gasteiger partial charge in [0.2, 0.25) is 0 Å². The predicted octanol–water partition coefficient (Wildman–Crippen LogP) is 2.68. The third kappa shape index (κ3) is 2.28. The smallest absolute Gasteiger partial charge is 0.357 e. The van der Waals surface area contributed by atoms with Crippen molar-refractivity contribution in [3.8, 4) is 10.6 Å². The molecule has 2 rings (SSSR count). The van der Waals surface area contributed by atoms with Crippen molar-refractivity contribution in [3.05, 3.63) is 23.0 Å². The van der Waals surface area contributed by atoms with Gasteiger partial charge < -0.3 is 4.74 Å². The molecule has 0 spiro atoms. The summed E-state index contributed by atoms with van der Waals surface area (Å²) in [6, 6.07) is 0.305. The third-order valence-corrected chi connectivity index (χ3v) is 3.57. The van der Waals surface area contributed by atoms with Crippen LogP contribution in [0.15, 0.2) is 12.4 Å². The number of methoxy groups -OCH3 is 1. The first-order valence-corrected chi connectivity index (χ1v) is 6.45. The average Bonchev–Trinajstić information content (AvgIpc) is 2.94. The number of hydrogen-bond donors (Lipinski definition) is 0. The predicted molar refractivity (Wildman–Crippen MR) is 69.8 cm³/mol. The Morgan fingerprint density at radius 1 is 1.50 bits per heavy atom. The fraction of sp³-hybridized carbons (Fsp3) is 0.417. The van der Waals surface area contributed by atoms with Gasteiger partial charge in [0.05, 0.1) is 13.3 Å². The second-order valence-corrected chi connectivity index (χ2v) is 5.42. The van der Waals surface area contributed by atoms with Gasteiger partial charge in [-0.3, -0.25) is 4.68 Å². The normalized spacial score (nSPS) is 10.9. The zero-order valence-electron chi connectivity index (χ0n) is 10.8. The lowest BCUT2D eigenvalue weighted by Gasteiger charge is -2.02. The second-order valence-electron chi connectivity index (χ2n) is 4.22. The van der Waals surface area contributed by atoms with Crippen LogP contribution in [0, 0.1) is 6.92 Å². The number of nitrogens with zero attached hydrogens (tertiary/aromatic N) is 3. The molecule has 0 aromatic carbocycles. The van der Waals surface area contributed by atoms with Crippen molar-refractivity contribution in [1.29, 1.82) is 0 Å². The zero-order chi connectivity index (χ0) is 13.3. The van der Waals surface area contributed by atoms with E-state index in [1.54, 1.807) is 6.20 Å². The molecule has 18 heavy (non-hydrogen) atoms. The van der Waals surface area contributed by atoms with Crippen molar-refractivity contribution in [1.82, 2.24) is 14.8 Å². The van der Waals surface area contributed by atoms with Gasteiger partial charge in [-0.2, -0.15) is 5.10 Å². The summed E-state index contributed by atoms with van der Waals surface area (Å²) in [6.07, 6.45) is 3.70. The van der Waals surface area contributed by atoms with Crippen molar-refractivity contribution in [2.24, 2.45) is 0 Å². The molecule has 0 saturated heterocycles. The van der Waals surface area contributed by atoms with E-state index in [-0.39, 0.29) is 0 Å². The summed E-state index contributed by atoms with van der Waals surface area (Å²) in [4.78, 5) is 16.7. The molecule has 0 aliphatic carbocycles. The van der Waals surface area contributed by atoms with Crippen molar-refractivity contribution < 1.29 is 9.53 Å². The van der Waals surface area contributed by atoms with Crippen LogP contribution >= 0.6 is 11.3 Å². The fourth-order valence-electron chi connectivity index (χ4n) is 1.54. The molecule has 0 N–H and O–H groups in total. The first kappa shape index (κ1) is 12.8. The Morgan fingerprint density at radius 3 is 2.78 bits per heavy atom. The SMILES string of the molecule is COC(=O)c1nc(-c2cnn(C(C)C)c2)sc1C. The van der Waals surface area contributed by atoms with Crippen LogP contribution in [-0.2, 0) is 4.74 Å². The molecular weight excluding hydrogens is 250 g/mol. The fourth-order valence-corrected chi connectivity index (χ4v) is 2.41. The topological polar surface area (TPSA) is 57.0 Å². The van der Waals surface area contributed by atoms with Crippen LogP contribution in [0.4, 0.5) is 0 Å². The number of esters is 1. The Balaban J connectivity index is 2.36. The molecule has 2 aromatic rings. The summed E-state index contributed by atoms with van der Waals surface area (Å²) in [5.74, 6) is -0.397. The van der Waals surface area contributed by atoms with Crippen LogP contribution < -0.4 is 0 Å². The Labute approximate surface area is 109 Å². The maximum atomic E-state index is 11.5. The second kappa shape index (κ2) is 4.89. The third-order valence-electron chi connectivity index (χ3n) is 2.55. The van der Waals surface area contributed by atoms with E-state index >= 15 is 0 Å². The minimum atomic E-state index is -0.397. The van der Waals surface area contributed by atoms with Crippen LogP contribution in [-0.4, -0.2) is 27.8 Å². The minimum absolute atomic E-state index is 0.305. The van der Waals surface area contributed by atoms with Crippen LogP contribution in [0.1, 0.15) is 35.3 Å². The molecule has 0 aliphatic rings. The molecule has 2 aromatic heterocycles. The highest BCUT2D eigenvalue weighted by atomic mass is 32.1. The van der Waals surface area contributed by atoms with Crippen molar-refractivity contribution in [2.75, 3.05) is 7.11 Å². The molecule has 0 atom stereocenters. The van der Waals surface area contributed by atoms with Gasteiger partial charge in [0, 0.05) is 22.7 Å². The maximum absolute atomic E-state index is 11.5. The number of carbonyl (C=O) groups is 1. The Kier molecular flexibility index (Phi) is 3.47. The summed E-state index contributed by atoms with van der Waals surface area (Å²) in [5.41, 5.74) is 1.31. The zero-order valence-corrected chi connectivity index (χ0v) is 11.6. The number of hydrogen-bond acceptors (Lipinski definition) is 5. The summed E-state index contributed by atoms with van der Waals surface area (Å²) in [5, 5.41) is 5.05. The summed E-state index contributed by atoms with van der Waals surface area (Å²) in [7, 11) is 1.36. The molecule has 0 bridgehead atoms. The molecule has 5 nitrogen and oxygen atoms in total. The van der Waals surface area contributed by atoms with Crippen LogP contribution in [0.25, 0.3) is 10.6 Å². The highest BCUT2D eigenvalue weighted by Crippen LogP contribution is 2.28. The molecule has 0 amide bonds. The molecule has 6 heteroatoms. The van der Waals surface area contributed by atoms with Gasteiger partial charge in [-0.15, -0.1) is 11.3 Å². The summed E-state index contributed by atoms with van der Waals surface area (Å²) in [6.45, 7) is 5.98. The van der Waals surface area contributed by atoms with E-state index in [1.807, 2.05) is 17.8 Å². The lowest BCUT2D eigenvalue weighted by atomic mass is 10.3. The average molecular weight is 265 g/mol. The van der Waals surface area contributed by atoms with Crippen molar-refractivity contribution in [2.45, 2.75) is 26.8 Å². The monoisotopic (exact) mass is 265 g/mol. The van der Waals surface area contributed by atoms with E-state index in [1.165, 1.54) is 18.4 Å². The van der Waals surface area contributed by atoms with E-state index < -0.39 is 5.97 Å². The van der Waals surface area contributed by atoms with E-state index in [4.69, 9.17) is 4.74 Å². The van der Waals surface area contributed by atoms with Gasteiger partial charge in [0.15, 0.2) is 5.69 Å². The van der Waals surface area contributed by atoms with Crippen LogP contribution in [0.5, 0.6) is 0 Å². The van der Waals surface area contributed by atoms with E-state index in [0.29, 0.717) is 11.7 Å². The summed E-state index contributed by atoms with van der Waals surface area (Å²) >= 11 is 1.47. The molecular formula is C12H15N3O2S. The first-order valence-electron chi connectivity index (χ1n) is 5.63. The Morgan fingerprint density at radius 2 is 2.22 bits per heavy atom. The molecule has 0 unspecified atom stereocenters. The van der Waals surface area contributed by atoms with E-state index in [0.717, 1.165) is 15.4 Å².